The Bertz CT molecular complexity index is 390. The summed E-state index contributed by atoms with van der Waals surface area (Å²) in [5.41, 5.74) is 0. The summed E-state index contributed by atoms with van der Waals surface area (Å²) in [6.45, 7) is 0. The first kappa shape index (κ1) is 12.4. The normalized spacial score (nSPS) is 17.0. The zero-order valence-electron chi connectivity index (χ0n) is 9.80. The molecule has 1 aromatic rings. The average Bonchev–Trinajstić information content (AvgIpc) is 3.01. The Labute approximate surface area is 105 Å². The SMILES string of the molecule is Cn1ccnc1SCCC(NC1CC1)C(=O)O. The molecule has 1 aromatic heterocycles. The van der Waals surface area contributed by atoms with Crippen LogP contribution in [-0.2, 0) is 11.8 Å². The van der Waals surface area contributed by atoms with Gasteiger partial charge in [-0.3, -0.25) is 4.79 Å². The van der Waals surface area contributed by atoms with Gasteiger partial charge in [0.1, 0.15) is 6.04 Å². The number of aromatic nitrogens is 2. The standard InChI is InChI=1S/C11H17N3O2S/c1-14-6-5-12-11(14)17-7-4-9(10(15)16)13-8-2-3-8/h5-6,8-9,13H,2-4,7H2,1H3,(H,15,16). The number of rotatable bonds is 7. The Morgan fingerprint density at radius 1 is 1.76 bits per heavy atom. The quantitative estimate of drug-likeness (QED) is 0.714. The van der Waals surface area contributed by atoms with Gasteiger partial charge in [-0.25, -0.2) is 4.98 Å². The van der Waals surface area contributed by atoms with Gasteiger partial charge in [0.25, 0.3) is 0 Å². The first-order valence-corrected chi connectivity index (χ1v) is 6.74. The largest absolute Gasteiger partial charge is 0.480 e. The molecule has 0 aliphatic heterocycles. The Balaban J connectivity index is 1.75. The molecule has 2 rings (SSSR count). The van der Waals surface area contributed by atoms with Crippen molar-refractivity contribution < 1.29 is 9.90 Å². The van der Waals surface area contributed by atoms with Gasteiger partial charge in [0.15, 0.2) is 5.16 Å². The maximum absolute atomic E-state index is 11.0. The molecule has 94 valence electrons. The van der Waals surface area contributed by atoms with Crippen molar-refractivity contribution in [2.24, 2.45) is 7.05 Å². The van der Waals surface area contributed by atoms with E-state index < -0.39 is 12.0 Å². The van der Waals surface area contributed by atoms with Gasteiger partial charge < -0.3 is 15.0 Å². The zero-order valence-corrected chi connectivity index (χ0v) is 10.6. The second kappa shape index (κ2) is 5.55. The fraction of sp³-hybridized carbons (Fsp3) is 0.636. The molecule has 17 heavy (non-hydrogen) atoms. The van der Waals surface area contributed by atoms with E-state index in [1.807, 2.05) is 17.8 Å². The van der Waals surface area contributed by atoms with Crippen molar-refractivity contribution in [3.63, 3.8) is 0 Å². The number of hydrogen-bond acceptors (Lipinski definition) is 4. The predicted octanol–water partition coefficient (Wildman–Crippen LogP) is 1.11. The number of aliphatic carboxylic acids is 1. The van der Waals surface area contributed by atoms with Crippen LogP contribution in [-0.4, -0.2) is 38.5 Å². The lowest BCUT2D eigenvalue weighted by Crippen LogP contribution is -2.38. The number of nitrogens with one attached hydrogen (secondary N) is 1. The molecule has 0 amide bonds. The molecule has 0 bridgehead atoms. The molecule has 0 saturated heterocycles. The van der Waals surface area contributed by atoms with Gasteiger partial charge in [-0.05, 0) is 19.3 Å². The van der Waals surface area contributed by atoms with E-state index in [4.69, 9.17) is 5.11 Å². The van der Waals surface area contributed by atoms with E-state index in [9.17, 15) is 4.79 Å². The number of carboxylic acids is 1. The second-order valence-electron chi connectivity index (χ2n) is 4.29. The van der Waals surface area contributed by atoms with E-state index in [1.54, 1.807) is 18.0 Å². The summed E-state index contributed by atoms with van der Waals surface area (Å²) in [6.07, 6.45) is 6.48. The van der Waals surface area contributed by atoms with E-state index in [0.717, 1.165) is 23.8 Å². The van der Waals surface area contributed by atoms with Gasteiger partial charge >= 0.3 is 5.97 Å². The molecule has 1 fully saturated rings. The third kappa shape index (κ3) is 3.74. The van der Waals surface area contributed by atoms with Crippen LogP contribution in [0.5, 0.6) is 0 Å². The van der Waals surface area contributed by atoms with Crippen molar-refractivity contribution in [1.82, 2.24) is 14.9 Å². The van der Waals surface area contributed by atoms with Crippen LogP contribution in [0.4, 0.5) is 0 Å². The van der Waals surface area contributed by atoms with Crippen LogP contribution in [0, 0.1) is 0 Å². The summed E-state index contributed by atoms with van der Waals surface area (Å²) in [6, 6.07) is 0.00419. The molecule has 1 aliphatic carbocycles. The van der Waals surface area contributed by atoms with Crippen molar-refractivity contribution in [3.8, 4) is 0 Å². The predicted molar refractivity (Wildman–Crippen MR) is 66.1 cm³/mol. The van der Waals surface area contributed by atoms with Crippen LogP contribution in [0.2, 0.25) is 0 Å². The Kier molecular flexibility index (Phi) is 4.06. The molecule has 6 heteroatoms. The minimum atomic E-state index is -0.752. The van der Waals surface area contributed by atoms with Gasteiger partial charge in [0.05, 0.1) is 0 Å². The number of thioether (sulfide) groups is 1. The van der Waals surface area contributed by atoms with Crippen molar-refractivity contribution in [2.45, 2.75) is 36.5 Å². The van der Waals surface area contributed by atoms with E-state index in [0.29, 0.717) is 12.5 Å². The third-order valence-corrected chi connectivity index (χ3v) is 3.82. The number of imidazole rings is 1. The lowest BCUT2D eigenvalue weighted by molar-refractivity contribution is -0.139. The van der Waals surface area contributed by atoms with Crippen LogP contribution in [0.15, 0.2) is 17.6 Å². The van der Waals surface area contributed by atoms with Gasteiger partial charge in [0.2, 0.25) is 0 Å². The average molecular weight is 255 g/mol. The number of carbonyl (C=O) groups is 1. The lowest BCUT2D eigenvalue weighted by atomic mass is 10.2. The summed E-state index contributed by atoms with van der Waals surface area (Å²) < 4.78 is 1.94. The van der Waals surface area contributed by atoms with Gasteiger partial charge in [-0.1, -0.05) is 11.8 Å². The Morgan fingerprint density at radius 2 is 2.53 bits per heavy atom. The smallest absolute Gasteiger partial charge is 0.320 e. The maximum atomic E-state index is 11.0. The van der Waals surface area contributed by atoms with Crippen LogP contribution < -0.4 is 5.32 Å². The Morgan fingerprint density at radius 3 is 3.06 bits per heavy atom. The first-order chi connectivity index (χ1) is 8.16. The van der Waals surface area contributed by atoms with Crippen molar-refractivity contribution >= 4 is 17.7 Å². The van der Waals surface area contributed by atoms with E-state index in [-0.39, 0.29) is 0 Å². The molecule has 0 aromatic carbocycles. The van der Waals surface area contributed by atoms with Crippen LogP contribution in [0.3, 0.4) is 0 Å². The topological polar surface area (TPSA) is 67.2 Å². The van der Waals surface area contributed by atoms with E-state index in [1.165, 1.54) is 0 Å². The molecule has 1 saturated carbocycles. The van der Waals surface area contributed by atoms with Crippen molar-refractivity contribution in [3.05, 3.63) is 12.4 Å². The Hall–Kier alpha value is -1.01. The zero-order chi connectivity index (χ0) is 12.3. The molecule has 0 spiro atoms. The highest BCUT2D eigenvalue weighted by atomic mass is 32.2. The number of carboxylic acid groups (broad SMARTS) is 1. The highest BCUT2D eigenvalue weighted by molar-refractivity contribution is 7.99. The highest BCUT2D eigenvalue weighted by Crippen LogP contribution is 2.21. The number of aryl methyl sites for hydroxylation is 1. The van der Waals surface area contributed by atoms with Crippen molar-refractivity contribution in [1.29, 1.82) is 0 Å². The van der Waals surface area contributed by atoms with Crippen molar-refractivity contribution in [2.75, 3.05) is 5.75 Å². The summed E-state index contributed by atoms with van der Waals surface area (Å²) in [5.74, 6) is 0.0130. The van der Waals surface area contributed by atoms with E-state index in [2.05, 4.69) is 10.3 Å². The molecule has 1 aliphatic rings. The summed E-state index contributed by atoms with van der Waals surface area (Å²) in [4.78, 5) is 15.2. The fourth-order valence-corrected chi connectivity index (χ4v) is 2.51. The lowest BCUT2D eigenvalue weighted by Gasteiger charge is -2.13. The summed E-state index contributed by atoms with van der Waals surface area (Å²) in [7, 11) is 1.94. The van der Waals surface area contributed by atoms with Gasteiger partial charge in [-0.15, -0.1) is 0 Å². The monoisotopic (exact) mass is 255 g/mol. The molecular weight excluding hydrogens is 238 g/mol. The molecule has 0 radical (unpaired) electrons. The molecule has 1 heterocycles. The molecular formula is C11H17N3O2S. The van der Waals surface area contributed by atoms with Crippen LogP contribution in [0.1, 0.15) is 19.3 Å². The van der Waals surface area contributed by atoms with Crippen LogP contribution >= 0.6 is 11.8 Å². The highest BCUT2D eigenvalue weighted by Gasteiger charge is 2.27. The summed E-state index contributed by atoms with van der Waals surface area (Å²) in [5, 5.41) is 13.1. The molecule has 5 nitrogen and oxygen atoms in total. The minimum absolute atomic E-state index is 0.421. The molecule has 1 unspecified atom stereocenters. The molecule has 2 N–H and O–H groups in total. The summed E-state index contributed by atoms with van der Waals surface area (Å²) >= 11 is 1.60. The van der Waals surface area contributed by atoms with Gasteiger partial charge in [-0.2, -0.15) is 0 Å². The fourth-order valence-electron chi connectivity index (χ4n) is 1.57. The number of nitrogens with zero attached hydrogens (tertiary/aromatic N) is 2. The third-order valence-electron chi connectivity index (χ3n) is 2.73. The minimum Gasteiger partial charge on any atom is -0.480 e. The number of hydrogen-bond donors (Lipinski definition) is 2. The van der Waals surface area contributed by atoms with Gasteiger partial charge in [0, 0.05) is 31.2 Å². The maximum Gasteiger partial charge on any atom is 0.320 e. The second-order valence-corrected chi connectivity index (χ2v) is 5.35. The van der Waals surface area contributed by atoms with E-state index >= 15 is 0 Å². The van der Waals surface area contributed by atoms with Crippen LogP contribution in [0.25, 0.3) is 0 Å². The first-order valence-electron chi connectivity index (χ1n) is 5.76. The molecule has 1 atom stereocenters.